The van der Waals surface area contributed by atoms with E-state index in [-0.39, 0.29) is 17.3 Å². The third-order valence-corrected chi connectivity index (χ3v) is 2.53. The maximum absolute atomic E-state index is 11.8. The number of amides is 1. The highest BCUT2D eigenvalue weighted by atomic mass is 16.6. The highest BCUT2D eigenvalue weighted by Gasteiger charge is 2.17. The molecule has 0 saturated carbocycles. The monoisotopic (exact) mass is 267 g/mol. The van der Waals surface area contributed by atoms with E-state index in [4.69, 9.17) is 4.74 Å². The van der Waals surface area contributed by atoms with Crippen LogP contribution in [0.25, 0.3) is 0 Å². The molecule has 7 nitrogen and oxygen atoms in total. The summed E-state index contributed by atoms with van der Waals surface area (Å²) in [6.07, 6.45) is 0.812. The van der Waals surface area contributed by atoms with Gasteiger partial charge in [-0.05, 0) is 26.1 Å². The third-order valence-electron chi connectivity index (χ3n) is 2.53. The average molecular weight is 267 g/mol. The Labute approximate surface area is 111 Å². The highest BCUT2D eigenvalue weighted by molar-refractivity contribution is 5.95. The summed E-state index contributed by atoms with van der Waals surface area (Å²) in [5.41, 5.74) is 0.182. The molecule has 2 N–H and O–H groups in total. The zero-order chi connectivity index (χ0) is 14.3. The molecule has 0 aliphatic rings. The molecular formula is C12H17N3O4. The molecule has 0 spiro atoms. The van der Waals surface area contributed by atoms with E-state index in [2.05, 4.69) is 10.6 Å². The van der Waals surface area contributed by atoms with E-state index in [9.17, 15) is 14.9 Å². The normalized spacial score (nSPS) is 10.0. The second-order valence-electron chi connectivity index (χ2n) is 3.86. The van der Waals surface area contributed by atoms with Gasteiger partial charge in [-0.3, -0.25) is 14.9 Å². The van der Waals surface area contributed by atoms with Gasteiger partial charge >= 0.3 is 5.69 Å². The van der Waals surface area contributed by atoms with Crippen molar-refractivity contribution in [1.82, 2.24) is 10.6 Å². The molecule has 0 radical (unpaired) electrons. The number of nitrogens with one attached hydrogen (secondary N) is 2. The van der Waals surface area contributed by atoms with Crippen LogP contribution in [-0.4, -0.2) is 38.1 Å². The fraction of sp³-hybridized carbons (Fsp3) is 0.417. The number of benzene rings is 1. The van der Waals surface area contributed by atoms with E-state index >= 15 is 0 Å². The number of methoxy groups -OCH3 is 1. The lowest BCUT2D eigenvalue weighted by atomic mass is 10.1. The zero-order valence-corrected chi connectivity index (χ0v) is 10.9. The number of carbonyl (C=O) groups is 1. The van der Waals surface area contributed by atoms with Gasteiger partial charge in [-0.15, -0.1) is 0 Å². The Bertz CT molecular complexity index is 462. The van der Waals surface area contributed by atoms with Gasteiger partial charge in [0, 0.05) is 24.2 Å². The summed E-state index contributed by atoms with van der Waals surface area (Å²) in [7, 11) is 3.17. The van der Waals surface area contributed by atoms with Gasteiger partial charge in [-0.25, -0.2) is 0 Å². The van der Waals surface area contributed by atoms with Gasteiger partial charge < -0.3 is 15.4 Å². The van der Waals surface area contributed by atoms with Crippen LogP contribution < -0.4 is 15.4 Å². The van der Waals surface area contributed by atoms with E-state index in [1.807, 2.05) is 7.05 Å². The number of carbonyl (C=O) groups excluding carboxylic acids is 1. The minimum atomic E-state index is -0.548. The van der Waals surface area contributed by atoms with Crippen LogP contribution in [0, 0.1) is 10.1 Å². The molecule has 0 saturated heterocycles. The molecule has 0 atom stereocenters. The van der Waals surface area contributed by atoms with Crippen molar-refractivity contribution in [2.75, 3.05) is 27.2 Å². The predicted octanol–water partition coefficient (Wildman–Crippen LogP) is 0.943. The lowest BCUT2D eigenvalue weighted by Crippen LogP contribution is -2.26. The molecule has 1 rings (SSSR count). The van der Waals surface area contributed by atoms with Gasteiger partial charge in [0.2, 0.25) is 0 Å². The van der Waals surface area contributed by atoms with Crippen molar-refractivity contribution in [2.45, 2.75) is 6.42 Å². The summed E-state index contributed by atoms with van der Waals surface area (Å²) in [6, 6.07) is 4.04. The summed E-state index contributed by atoms with van der Waals surface area (Å²) in [4.78, 5) is 22.0. The average Bonchev–Trinajstić information content (AvgIpc) is 2.42. The van der Waals surface area contributed by atoms with E-state index in [1.165, 1.54) is 25.3 Å². The lowest BCUT2D eigenvalue weighted by molar-refractivity contribution is -0.385. The number of nitrogens with zero attached hydrogens (tertiary/aromatic N) is 1. The SMILES string of the molecule is CNCCCNC(=O)c1ccc([N+](=O)[O-])c(OC)c1. The molecule has 0 fully saturated rings. The van der Waals surface area contributed by atoms with Crippen LogP contribution in [0.2, 0.25) is 0 Å². The molecule has 0 bridgehead atoms. The molecule has 0 aliphatic heterocycles. The molecule has 19 heavy (non-hydrogen) atoms. The van der Waals surface area contributed by atoms with Crippen LogP contribution >= 0.6 is 0 Å². The smallest absolute Gasteiger partial charge is 0.310 e. The van der Waals surface area contributed by atoms with Crippen LogP contribution in [0.5, 0.6) is 5.75 Å². The Morgan fingerprint density at radius 2 is 2.16 bits per heavy atom. The van der Waals surface area contributed by atoms with Gasteiger partial charge in [0.25, 0.3) is 5.91 Å². The second kappa shape index (κ2) is 7.32. The standard InChI is InChI=1S/C12H17N3O4/c1-13-6-3-7-14-12(16)9-4-5-10(15(17)18)11(8-9)19-2/h4-5,8,13H,3,6-7H2,1-2H3,(H,14,16). The maximum Gasteiger partial charge on any atom is 0.310 e. The van der Waals surface area contributed by atoms with Crippen molar-refractivity contribution in [3.8, 4) is 5.75 Å². The van der Waals surface area contributed by atoms with Gasteiger partial charge in [0.1, 0.15) is 0 Å². The van der Waals surface area contributed by atoms with Crippen molar-refractivity contribution in [2.24, 2.45) is 0 Å². The largest absolute Gasteiger partial charge is 0.490 e. The number of ether oxygens (including phenoxy) is 1. The first kappa shape index (κ1) is 14.9. The number of hydrogen-bond acceptors (Lipinski definition) is 5. The molecule has 104 valence electrons. The molecule has 0 heterocycles. The first-order chi connectivity index (χ1) is 9.10. The Kier molecular flexibility index (Phi) is 5.74. The minimum Gasteiger partial charge on any atom is -0.490 e. The summed E-state index contributed by atoms with van der Waals surface area (Å²) < 4.78 is 4.91. The van der Waals surface area contributed by atoms with Crippen molar-refractivity contribution >= 4 is 11.6 Å². The van der Waals surface area contributed by atoms with Crippen LogP contribution in [0.4, 0.5) is 5.69 Å². The van der Waals surface area contributed by atoms with Crippen molar-refractivity contribution in [1.29, 1.82) is 0 Å². The molecule has 0 aromatic heterocycles. The van der Waals surface area contributed by atoms with Crippen LogP contribution in [-0.2, 0) is 0 Å². The number of nitro groups is 1. The Morgan fingerprint density at radius 3 is 2.74 bits per heavy atom. The lowest BCUT2D eigenvalue weighted by Gasteiger charge is -2.07. The number of hydrogen-bond donors (Lipinski definition) is 2. The molecule has 0 aliphatic carbocycles. The first-order valence-corrected chi connectivity index (χ1v) is 5.85. The summed E-state index contributed by atoms with van der Waals surface area (Å²) in [6.45, 7) is 1.35. The topological polar surface area (TPSA) is 93.5 Å². The van der Waals surface area contributed by atoms with Crippen molar-refractivity contribution in [3.63, 3.8) is 0 Å². The third kappa shape index (κ3) is 4.22. The first-order valence-electron chi connectivity index (χ1n) is 5.85. The number of nitro benzene ring substituents is 1. The Balaban J connectivity index is 2.73. The van der Waals surface area contributed by atoms with Gasteiger partial charge in [-0.1, -0.05) is 0 Å². The molecule has 0 unspecified atom stereocenters. The van der Waals surface area contributed by atoms with Crippen molar-refractivity contribution < 1.29 is 14.5 Å². The molecule has 1 aromatic rings. The van der Waals surface area contributed by atoms with E-state index in [0.717, 1.165) is 13.0 Å². The van der Waals surface area contributed by atoms with E-state index in [0.29, 0.717) is 12.1 Å². The molecule has 1 amide bonds. The zero-order valence-electron chi connectivity index (χ0n) is 10.9. The summed E-state index contributed by atoms with van der Waals surface area (Å²) in [5.74, 6) is -0.197. The predicted molar refractivity (Wildman–Crippen MR) is 70.5 cm³/mol. The minimum absolute atomic E-state index is 0.0767. The Morgan fingerprint density at radius 1 is 1.42 bits per heavy atom. The van der Waals surface area contributed by atoms with Gasteiger partial charge in [0.05, 0.1) is 12.0 Å². The highest BCUT2D eigenvalue weighted by Crippen LogP contribution is 2.27. The van der Waals surface area contributed by atoms with Crippen LogP contribution in [0.3, 0.4) is 0 Å². The second-order valence-corrected chi connectivity index (χ2v) is 3.86. The molecule has 7 heteroatoms. The molecule has 1 aromatic carbocycles. The van der Waals surface area contributed by atoms with Crippen molar-refractivity contribution in [3.05, 3.63) is 33.9 Å². The van der Waals surface area contributed by atoms with Gasteiger partial charge in [0.15, 0.2) is 5.75 Å². The van der Waals surface area contributed by atoms with Crippen LogP contribution in [0.1, 0.15) is 16.8 Å². The Hall–Kier alpha value is -2.15. The fourth-order valence-electron chi connectivity index (χ4n) is 1.54. The van der Waals surface area contributed by atoms with E-state index in [1.54, 1.807) is 0 Å². The summed E-state index contributed by atoms with van der Waals surface area (Å²) in [5, 5.41) is 16.4. The quantitative estimate of drug-likeness (QED) is 0.435. The molecular weight excluding hydrogens is 250 g/mol. The van der Waals surface area contributed by atoms with E-state index < -0.39 is 4.92 Å². The number of rotatable bonds is 7. The van der Waals surface area contributed by atoms with Crippen LogP contribution in [0.15, 0.2) is 18.2 Å². The fourth-order valence-corrected chi connectivity index (χ4v) is 1.54. The van der Waals surface area contributed by atoms with Gasteiger partial charge in [-0.2, -0.15) is 0 Å². The summed E-state index contributed by atoms with van der Waals surface area (Å²) >= 11 is 0. The maximum atomic E-state index is 11.8.